The van der Waals surface area contributed by atoms with Gasteiger partial charge in [-0.1, -0.05) is 65.3 Å². The van der Waals surface area contributed by atoms with Gasteiger partial charge in [-0.15, -0.1) is 20.4 Å². The lowest BCUT2D eigenvalue weighted by Gasteiger charge is -2.26. The van der Waals surface area contributed by atoms with Crippen molar-refractivity contribution in [2.45, 2.75) is 140 Å². The predicted octanol–water partition coefficient (Wildman–Crippen LogP) is 15.3. The van der Waals surface area contributed by atoms with E-state index >= 15 is 0 Å². The maximum atomic E-state index is 12.4. The van der Waals surface area contributed by atoms with Crippen molar-refractivity contribution in [2.24, 2.45) is 0 Å². The van der Waals surface area contributed by atoms with E-state index in [9.17, 15) is 34.7 Å². The molecule has 470 valence electrons. The Morgan fingerprint density at radius 3 is 0.955 bits per heavy atom. The Bertz CT molecular complexity index is 3500. The summed E-state index contributed by atoms with van der Waals surface area (Å²) in [5.41, 5.74) is 1.61. The van der Waals surface area contributed by atoms with Crippen molar-refractivity contribution in [3.05, 3.63) is 143 Å². The number of likely N-dealkylation sites (tertiary alicyclic amines) is 1. The maximum Gasteiger partial charge on any atom is 0.322 e. The van der Waals surface area contributed by atoms with Crippen molar-refractivity contribution >= 4 is 96.3 Å². The zero-order valence-electron chi connectivity index (χ0n) is 48.1. The van der Waals surface area contributed by atoms with Crippen molar-refractivity contribution in [3.8, 4) is 0 Å². The molecule has 6 heterocycles. The van der Waals surface area contributed by atoms with Gasteiger partial charge >= 0.3 is 24.1 Å². The van der Waals surface area contributed by atoms with E-state index in [1.54, 1.807) is 60.7 Å². The van der Waals surface area contributed by atoms with Crippen molar-refractivity contribution in [2.75, 3.05) is 48.0 Å². The SMILES string of the molecule is CN1CCC(c2nnc(NC(=O)c3ccc(SF)cc3)o2)CC1.O=C(Nc1nnc(C2CCCCC2)o1)c1ccc(SF)cc1.O=C(Nc1nnc(C2CCCCCC2)o1)c1ccc(SF)cc1.O=C(Nc1nnc(C2CCCO2)o1)c1ccc(SF)cc1. The van der Waals surface area contributed by atoms with Crippen molar-refractivity contribution < 1.29 is 57.1 Å². The van der Waals surface area contributed by atoms with Gasteiger partial charge in [0.2, 0.25) is 23.6 Å². The van der Waals surface area contributed by atoms with Gasteiger partial charge in [-0.2, -0.15) is 15.5 Å². The molecule has 2 saturated heterocycles. The summed E-state index contributed by atoms with van der Waals surface area (Å²) in [5, 5.41) is 41.7. The number of piperidine rings is 1. The van der Waals surface area contributed by atoms with Gasteiger partial charge in [0.05, 0.1) is 48.6 Å². The van der Waals surface area contributed by atoms with Crippen LogP contribution >= 0.6 is 48.6 Å². The molecule has 8 aromatic rings. The molecule has 4 aliphatic rings. The Balaban J connectivity index is 0.000000141. The van der Waals surface area contributed by atoms with E-state index in [1.807, 2.05) is 0 Å². The van der Waals surface area contributed by atoms with Crippen molar-refractivity contribution in [1.82, 2.24) is 45.7 Å². The van der Waals surface area contributed by atoms with Crippen LogP contribution in [0, 0.1) is 0 Å². The van der Waals surface area contributed by atoms with Gasteiger partial charge in [0, 0.05) is 66.2 Å². The van der Waals surface area contributed by atoms with E-state index in [2.05, 4.69) is 74.0 Å². The number of benzene rings is 4. The molecule has 4 amide bonds. The van der Waals surface area contributed by atoms with Gasteiger partial charge in [-0.05, 0) is 169 Å². The molecule has 4 N–H and O–H groups in total. The van der Waals surface area contributed by atoms with Gasteiger partial charge in [-0.25, -0.2) is 0 Å². The molecule has 1 unspecified atom stereocenters. The van der Waals surface area contributed by atoms with Crippen LogP contribution < -0.4 is 21.3 Å². The summed E-state index contributed by atoms with van der Waals surface area (Å²) in [6.07, 6.45) is 16.2. The van der Waals surface area contributed by atoms with Crippen LogP contribution in [0.25, 0.3) is 0 Å². The zero-order valence-corrected chi connectivity index (χ0v) is 51.4. The minimum absolute atomic E-state index is 0.0226. The first-order chi connectivity index (χ1) is 43.4. The highest BCUT2D eigenvalue weighted by molar-refractivity contribution is 7.95. The van der Waals surface area contributed by atoms with Gasteiger partial charge in [0.15, 0.2) is 0 Å². The van der Waals surface area contributed by atoms with E-state index in [1.165, 1.54) is 81.3 Å². The molecule has 89 heavy (non-hydrogen) atoms. The minimum atomic E-state index is -0.395. The summed E-state index contributed by atoms with van der Waals surface area (Å²) in [7, 11) is 2.09. The molecule has 0 radical (unpaired) electrons. The fourth-order valence-corrected chi connectivity index (χ4v) is 10.9. The fourth-order valence-electron chi connectivity index (χ4n) is 9.98. The highest BCUT2D eigenvalue weighted by Gasteiger charge is 2.27. The number of carbonyl (C=O) groups is 4. The minimum Gasteiger partial charge on any atom is -0.408 e. The first-order valence-electron chi connectivity index (χ1n) is 28.9. The second-order valence-corrected chi connectivity index (χ2v) is 23.6. The molecular formula is C59H63F4N13O9S4. The number of hydrogen-bond donors (Lipinski definition) is 4. The van der Waals surface area contributed by atoms with Gasteiger partial charge < -0.3 is 27.3 Å². The number of nitrogens with zero attached hydrogens (tertiary/aromatic N) is 9. The average Bonchev–Trinajstić information content (AvgIpc) is 4.63. The second-order valence-electron chi connectivity index (χ2n) is 21.1. The zero-order chi connectivity index (χ0) is 62.3. The lowest BCUT2D eigenvalue weighted by atomic mass is 9.89. The smallest absolute Gasteiger partial charge is 0.322 e. The van der Waals surface area contributed by atoms with Gasteiger partial charge in [0.25, 0.3) is 23.6 Å². The summed E-state index contributed by atoms with van der Waals surface area (Å²) >= 11 is 0.542. The van der Waals surface area contributed by atoms with Crippen LogP contribution in [-0.4, -0.2) is 96.1 Å². The molecule has 2 aliphatic heterocycles. The van der Waals surface area contributed by atoms with Crippen LogP contribution in [0.1, 0.15) is 185 Å². The van der Waals surface area contributed by atoms with Crippen LogP contribution in [0.4, 0.5) is 39.6 Å². The number of anilines is 4. The van der Waals surface area contributed by atoms with Crippen LogP contribution in [0.2, 0.25) is 0 Å². The molecular weight excluding hydrogens is 1240 g/mol. The number of nitrogens with one attached hydrogen (secondary N) is 4. The van der Waals surface area contributed by atoms with Crippen molar-refractivity contribution in [3.63, 3.8) is 0 Å². The highest BCUT2D eigenvalue weighted by atomic mass is 32.2. The molecule has 2 aliphatic carbocycles. The van der Waals surface area contributed by atoms with Crippen molar-refractivity contribution in [1.29, 1.82) is 0 Å². The Kier molecular flexibility index (Phi) is 25.0. The lowest BCUT2D eigenvalue weighted by Crippen LogP contribution is -2.29. The summed E-state index contributed by atoms with van der Waals surface area (Å²) in [6.45, 7) is 2.66. The monoisotopic (exact) mass is 1300 g/mol. The molecule has 4 fully saturated rings. The number of aromatic nitrogens is 8. The van der Waals surface area contributed by atoms with Crippen LogP contribution in [0.3, 0.4) is 0 Å². The number of carbonyl (C=O) groups excluding carboxylic acids is 4. The Labute approximate surface area is 527 Å². The summed E-state index contributed by atoms with van der Waals surface area (Å²) in [4.78, 5) is 52.3. The molecule has 1 atom stereocenters. The molecule has 12 rings (SSSR count). The Morgan fingerprint density at radius 1 is 0.382 bits per heavy atom. The normalized spacial score (nSPS) is 16.5. The molecule has 4 aromatic carbocycles. The Morgan fingerprint density at radius 2 is 0.663 bits per heavy atom. The molecule has 0 spiro atoms. The fraction of sp³-hybridized carbons (Fsp3) is 0.390. The second kappa shape index (κ2) is 33.8. The number of hydrogen-bond acceptors (Lipinski definition) is 22. The molecule has 22 nitrogen and oxygen atoms in total. The van der Waals surface area contributed by atoms with Crippen LogP contribution in [-0.2, 0) is 4.74 Å². The third-order valence-corrected chi connectivity index (χ3v) is 16.7. The van der Waals surface area contributed by atoms with Crippen LogP contribution in [0.5, 0.6) is 0 Å². The quantitative estimate of drug-likeness (QED) is 0.0516. The molecule has 30 heteroatoms. The highest BCUT2D eigenvalue weighted by Crippen LogP contribution is 2.35. The van der Waals surface area contributed by atoms with E-state index in [-0.39, 0.29) is 108 Å². The van der Waals surface area contributed by atoms with E-state index in [0.29, 0.717) is 77.9 Å². The van der Waals surface area contributed by atoms with Gasteiger partial charge in [0.1, 0.15) is 6.10 Å². The van der Waals surface area contributed by atoms with E-state index in [4.69, 9.17) is 22.4 Å². The molecule has 2 saturated carbocycles. The maximum absolute atomic E-state index is 12.4. The van der Waals surface area contributed by atoms with E-state index < -0.39 is 5.91 Å². The van der Waals surface area contributed by atoms with Gasteiger partial charge in [-0.3, -0.25) is 40.4 Å². The van der Waals surface area contributed by atoms with E-state index in [0.717, 1.165) is 64.5 Å². The summed E-state index contributed by atoms with van der Waals surface area (Å²) < 4.78 is 77.0. The first-order valence-corrected chi connectivity index (χ1v) is 31.7. The number of ether oxygens (including phenoxy) is 1. The topological polar surface area (TPSA) is 285 Å². The third kappa shape index (κ3) is 19.7. The average molecular weight is 1300 g/mol. The molecule has 0 bridgehead atoms. The first kappa shape index (κ1) is 65.8. The van der Waals surface area contributed by atoms with Crippen LogP contribution in [0.15, 0.2) is 134 Å². The molecule has 4 aromatic heterocycles. The standard InChI is InChI=1S/C16H18FN3O2S.C15H17FN4O2S.C15H16FN3O2S.C13H12FN3O3S/c17-23-13-9-7-11(8-10-13)14(21)18-16-20-19-15(22-16)12-5-3-1-2-4-6-12;1-20-8-6-11(7-9-20)14-18-19-15(22-14)17-13(21)10-2-4-12(23-16)5-3-10;16-22-12-8-6-10(7-9-12)13(20)17-15-19-18-14(21-15)11-4-2-1-3-5-11;14-21-9-5-3-8(4-6-9)11(18)15-13-17-16-12(20-13)10-2-1-7-19-10/h7-10,12H,1-6H2,(H,18,20,21);2-5,11H,6-9H2,1H3,(H,17,19,21);6-9,11H,1-5H2,(H,17,19,20);3-6,10H,1-2,7H2,(H,15,17,18). The summed E-state index contributed by atoms with van der Waals surface area (Å²) in [5.74, 6) is 1.50. The number of amides is 4. The number of halogens is 4. The predicted molar refractivity (Wildman–Crippen MR) is 326 cm³/mol. The lowest BCUT2D eigenvalue weighted by molar-refractivity contribution is 0.0893. The largest absolute Gasteiger partial charge is 0.408 e. The number of rotatable bonds is 16. The third-order valence-electron chi connectivity index (χ3n) is 14.9. The Hall–Kier alpha value is -7.64. The summed E-state index contributed by atoms with van der Waals surface area (Å²) in [6, 6.07) is 25.0.